The van der Waals surface area contributed by atoms with E-state index in [1.807, 2.05) is 37.3 Å². The van der Waals surface area contributed by atoms with Crippen molar-refractivity contribution in [3.63, 3.8) is 0 Å². The monoisotopic (exact) mass is 520 g/mol. The predicted molar refractivity (Wildman–Crippen MR) is 141 cm³/mol. The summed E-state index contributed by atoms with van der Waals surface area (Å²) < 4.78 is 33.1. The second-order valence-corrected chi connectivity index (χ2v) is 9.77. The smallest absolute Gasteiger partial charge is 0.273 e. The minimum absolute atomic E-state index is 0.197. The fourth-order valence-electron chi connectivity index (χ4n) is 3.43. The van der Waals surface area contributed by atoms with Crippen LogP contribution < -0.4 is 20.1 Å². The molecule has 0 saturated carbocycles. The van der Waals surface area contributed by atoms with Gasteiger partial charge in [-0.1, -0.05) is 6.07 Å². The van der Waals surface area contributed by atoms with E-state index in [1.165, 1.54) is 12.1 Å². The summed E-state index contributed by atoms with van der Waals surface area (Å²) in [5.74, 6) is 1.70. The summed E-state index contributed by atoms with van der Waals surface area (Å²) in [7, 11) is -2.41. The second-order valence-electron chi connectivity index (χ2n) is 8.08. The lowest BCUT2D eigenvalue weighted by molar-refractivity contribution is -0.385. The minimum Gasteiger partial charge on any atom is -0.497 e. The van der Waals surface area contributed by atoms with Crippen LogP contribution in [0.25, 0.3) is 0 Å². The van der Waals surface area contributed by atoms with Crippen LogP contribution in [0.5, 0.6) is 5.75 Å². The highest BCUT2D eigenvalue weighted by atomic mass is 32.2. The molecule has 190 valence electrons. The quantitative estimate of drug-likeness (QED) is 0.197. The maximum Gasteiger partial charge on any atom is 0.273 e. The van der Waals surface area contributed by atoms with Crippen molar-refractivity contribution in [1.29, 1.82) is 0 Å². The van der Waals surface area contributed by atoms with Crippen LogP contribution in [0.4, 0.5) is 34.5 Å². The molecular formula is C25H24N6O5S. The Morgan fingerprint density at radius 2 is 1.46 bits per heavy atom. The van der Waals surface area contributed by atoms with Crippen LogP contribution in [0.3, 0.4) is 0 Å². The van der Waals surface area contributed by atoms with Crippen molar-refractivity contribution in [3.05, 3.63) is 94.2 Å². The Labute approximate surface area is 213 Å². The van der Waals surface area contributed by atoms with Crippen molar-refractivity contribution >= 4 is 44.5 Å². The number of nitrogens with zero attached hydrogens (tertiary/aromatic N) is 3. The zero-order valence-electron chi connectivity index (χ0n) is 20.2. The Balaban J connectivity index is 1.46. The van der Waals surface area contributed by atoms with Crippen molar-refractivity contribution in [2.75, 3.05) is 22.5 Å². The standard InChI is InChI=1S/C25H24N6O5S/c1-16-4-13-22(15-23(16)31(32)33)37(34,35)30-20-7-5-19(6-8-20)28-25-26-17(2)14-24(29-25)27-18-9-11-21(36-3)12-10-18/h4-15,30H,1-3H3,(H2,26,27,28,29). The zero-order valence-corrected chi connectivity index (χ0v) is 21.0. The van der Waals surface area contributed by atoms with Crippen LogP contribution >= 0.6 is 0 Å². The van der Waals surface area contributed by atoms with Gasteiger partial charge in [0.2, 0.25) is 5.95 Å². The molecule has 1 aromatic heterocycles. The molecule has 0 atom stereocenters. The van der Waals surface area contributed by atoms with Gasteiger partial charge in [0.1, 0.15) is 11.6 Å². The van der Waals surface area contributed by atoms with Crippen molar-refractivity contribution < 1.29 is 18.1 Å². The van der Waals surface area contributed by atoms with Crippen molar-refractivity contribution in [1.82, 2.24) is 9.97 Å². The molecule has 0 fully saturated rings. The average molecular weight is 521 g/mol. The van der Waals surface area contributed by atoms with E-state index >= 15 is 0 Å². The molecule has 0 radical (unpaired) electrons. The van der Waals surface area contributed by atoms with Gasteiger partial charge < -0.3 is 15.4 Å². The third-order valence-electron chi connectivity index (χ3n) is 5.30. The number of ether oxygens (including phenoxy) is 1. The molecule has 0 aliphatic heterocycles. The molecule has 1 heterocycles. The lowest BCUT2D eigenvalue weighted by Crippen LogP contribution is -2.13. The molecule has 0 aliphatic rings. The molecule has 0 unspecified atom stereocenters. The number of hydrogen-bond donors (Lipinski definition) is 3. The van der Waals surface area contributed by atoms with Gasteiger partial charge in [-0.3, -0.25) is 14.8 Å². The molecule has 3 N–H and O–H groups in total. The molecular weight excluding hydrogens is 496 g/mol. The Bertz CT molecular complexity index is 1540. The lowest BCUT2D eigenvalue weighted by Gasteiger charge is -2.12. The van der Waals surface area contributed by atoms with Crippen LogP contribution in [0.15, 0.2) is 77.7 Å². The topological polar surface area (TPSA) is 148 Å². The summed E-state index contributed by atoms with van der Waals surface area (Å²) in [6, 6.07) is 19.5. The third-order valence-corrected chi connectivity index (χ3v) is 6.68. The molecule has 4 aromatic rings. The average Bonchev–Trinajstić information content (AvgIpc) is 2.85. The van der Waals surface area contributed by atoms with Gasteiger partial charge in [-0.2, -0.15) is 4.98 Å². The normalized spacial score (nSPS) is 11.0. The molecule has 0 bridgehead atoms. The Morgan fingerprint density at radius 3 is 2.11 bits per heavy atom. The predicted octanol–water partition coefficient (Wildman–Crippen LogP) is 5.30. The van der Waals surface area contributed by atoms with Gasteiger partial charge in [0.15, 0.2) is 0 Å². The maximum absolute atomic E-state index is 12.7. The van der Waals surface area contributed by atoms with Gasteiger partial charge in [0.05, 0.1) is 16.9 Å². The maximum atomic E-state index is 12.7. The summed E-state index contributed by atoms with van der Waals surface area (Å²) in [4.78, 5) is 19.2. The number of aromatic nitrogens is 2. The SMILES string of the molecule is COc1ccc(Nc2cc(C)nc(Nc3ccc(NS(=O)(=O)c4ccc(C)c([N+](=O)[O-])c4)cc3)n2)cc1. The molecule has 4 rings (SSSR count). The molecule has 0 spiro atoms. The lowest BCUT2D eigenvalue weighted by atomic mass is 10.2. The molecule has 12 heteroatoms. The summed E-state index contributed by atoms with van der Waals surface area (Å²) >= 11 is 0. The van der Waals surface area contributed by atoms with E-state index in [0.29, 0.717) is 28.7 Å². The van der Waals surface area contributed by atoms with Crippen LogP contribution in [0.1, 0.15) is 11.3 Å². The van der Waals surface area contributed by atoms with Crippen molar-refractivity contribution in [3.8, 4) is 5.75 Å². The number of hydrogen-bond acceptors (Lipinski definition) is 9. The molecule has 37 heavy (non-hydrogen) atoms. The van der Waals surface area contributed by atoms with Crippen LogP contribution in [-0.2, 0) is 10.0 Å². The number of nitro groups is 1. The molecule has 11 nitrogen and oxygen atoms in total. The highest BCUT2D eigenvalue weighted by Crippen LogP contribution is 2.25. The van der Waals surface area contributed by atoms with Crippen LogP contribution in [0.2, 0.25) is 0 Å². The Kier molecular flexibility index (Phi) is 7.20. The van der Waals surface area contributed by atoms with E-state index in [0.717, 1.165) is 23.2 Å². The number of nitrogens with one attached hydrogen (secondary N) is 3. The second kappa shape index (κ2) is 10.5. The fraction of sp³-hybridized carbons (Fsp3) is 0.120. The first kappa shape index (κ1) is 25.4. The largest absolute Gasteiger partial charge is 0.497 e. The summed E-state index contributed by atoms with van der Waals surface area (Å²) in [6.45, 7) is 3.39. The van der Waals surface area contributed by atoms with Crippen LogP contribution in [-0.4, -0.2) is 30.4 Å². The minimum atomic E-state index is -4.02. The number of rotatable bonds is 9. The fourth-order valence-corrected chi connectivity index (χ4v) is 4.51. The van der Waals surface area contributed by atoms with Crippen molar-refractivity contribution in [2.45, 2.75) is 18.7 Å². The van der Waals surface area contributed by atoms with Crippen LogP contribution in [0, 0.1) is 24.0 Å². The Hall–Kier alpha value is -4.71. The number of benzene rings is 3. The van der Waals surface area contributed by atoms with E-state index in [-0.39, 0.29) is 10.6 Å². The zero-order chi connectivity index (χ0) is 26.6. The van der Waals surface area contributed by atoms with Crippen molar-refractivity contribution in [2.24, 2.45) is 0 Å². The first-order valence-corrected chi connectivity index (χ1v) is 12.5. The van der Waals surface area contributed by atoms with Gasteiger partial charge in [-0.15, -0.1) is 0 Å². The summed E-state index contributed by atoms with van der Waals surface area (Å²) in [5, 5.41) is 17.5. The van der Waals surface area contributed by atoms with E-state index in [1.54, 1.807) is 38.3 Å². The van der Waals surface area contributed by atoms with Gasteiger partial charge in [-0.05, 0) is 68.4 Å². The first-order chi connectivity index (χ1) is 17.6. The molecule has 0 amide bonds. The molecule has 3 aromatic carbocycles. The number of sulfonamides is 1. The number of nitro benzene ring substituents is 1. The molecule has 0 saturated heterocycles. The van der Waals surface area contributed by atoms with E-state index in [9.17, 15) is 18.5 Å². The van der Waals surface area contributed by atoms with Gasteiger partial charge in [0, 0.05) is 40.5 Å². The van der Waals surface area contributed by atoms with E-state index in [4.69, 9.17) is 4.74 Å². The first-order valence-electron chi connectivity index (χ1n) is 11.0. The number of aryl methyl sites for hydroxylation is 2. The van der Waals surface area contributed by atoms with E-state index in [2.05, 4.69) is 25.3 Å². The summed E-state index contributed by atoms with van der Waals surface area (Å²) in [6.07, 6.45) is 0. The summed E-state index contributed by atoms with van der Waals surface area (Å²) in [5.41, 5.74) is 2.61. The van der Waals surface area contributed by atoms with E-state index < -0.39 is 14.9 Å². The van der Waals surface area contributed by atoms with Gasteiger partial charge >= 0.3 is 0 Å². The number of anilines is 5. The molecule has 0 aliphatic carbocycles. The number of methoxy groups -OCH3 is 1. The highest BCUT2D eigenvalue weighted by Gasteiger charge is 2.20. The Morgan fingerprint density at radius 1 is 0.838 bits per heavy atom. The highest BCUT2D eigenvalue weighted by molar-refractivity contribution is 7.92. The van der Waals surface area contributed by atoms with Gasteiger partial charge in [-0.25, -0.2) is 13.4 Å². The van der Waals surface area contributed by atoms with Gasteiger partial charge in [0.25, 0.3) is 15.7 Å². The third kappa shape index (κ3) is 6.30.